The second kappa shape index (κ2) is 7.27. The highest BCUT2D eigenvalue weighted by atomic mass is 16.4. The molecule has 0 bridgehead atoms. The van der Waals surface area contributed by atoms with Crippen molar-refractivity contribution in [3.63, 3.8) is 0 Å². The SMILES string of the molecule is CCC(C)C(C)C(CC(=O)O)NC(=O)[C@H](C)N. The third kappa shape index (κ3) is 5.68. The molecule has 4 atom stereocenters. The Kier molecular flexibility index (Phi) is 6.80. The van der Waals surface area contributed by atoms with Gasteiger partial charge in [-0.1, -0.05) is 27.2 Å². The molecule has 5 heteroatoms. The van der Waals surface area contributed by atoms with Gasteiger partial charge in [-0.05, 0) is 18.8 Å². The van der Waals surface area contributed by atoms with Crippen molar-refractivity contribution in [1.82, 2.24) is 5.32 Å². The van der Waals surface area contributed by atoms with Gasteiger partial charge in [-0.25, -0.2) is 0 Å². The van der Waals surface area contributed by atoms with E-state index < -0.39 is 12.0 Å². The minimum absolute atomic E-state index is 0.0655. The smallest absolute Gasteiger partial charge is 0.305 e. The molecule has 0 aromatic rings. The third-order valence-electron chi connectivity index (χ3n) is 3.31. The van der Waals surface area contributed by atoms with Crippen LogP contribution in [0.5, 0.6) is 0 Å². The standard InChI is InChI=1S/C12H24N2O3/c1-5-7(2)8(3)10(6-11(15)16)14-12(17)9(4)13/h7-10H,5-6,13H2,1-4H3,(H,14,17)(H,15,16)/t7?,8?,9-,10?/m0/s1. The van der Waals surface area contributed by atoms with Gasteiger partial charge in [0.05, 0.1) is 12.5 Å². The van der Waals surface area contributed by atoms with Gasteiger partial charge in [-0.2, -0.15) is 0 Å². The molecule has 100 valence electrons. The largest absolute Gasteiger partial charge is 0.481 e. The Morgan fingerprint density at radius 3 is 2.18 bits per heavy atom. The van der Waals surface area contributed by atoms with E-state index in [4.69, 9.17) is 10.8 Å². The fourth-order valence-corrected chi connectivity index (χ4v) is 1.64. The lowest BCUT2D eigenvalue weighted by atomic mass is 9.85. The zero-order valence-electron chi connectivity index (χ0n) is 11.1. The van der Waals surface area contributed by atoms with Gasteiger partial charge >= 0.3 is 5.97 Å². The van der Waals surface area contributed by atoms with E-state index in [1.54, 1.807) is 6.92 Å². The maximum absolute atomic E-state index is 11.5. The highest BCUT2D eigenvalue weighted by Crippen LogP contribution is 2.20. The summed E-state index contributed by atoms with van der Waals surface area (Å²) in [4.78, 5) is 22.3. The molecule has 4 N–H and O–H groups in total. The van der Waals surface area contributed by atoms with E-state index in [1.165, 1.54) is 0 Å². The number of carboxylic acids is 1. The lowest BCUT2D eigenvalue weighted by molar-refractivity contribution is -0.138. The summed E-state index contributed by atoms with van der Waals surface area (Å²) in [7, 11) is 0. The maximum atomic E-state index is 11.5. The topological polar surface area (TPSA) is 92.4 Å². The molecule has 0 aliphatic heterocycles. The van der Waals surface area contributed by atoms with Crippen LogP contribution in [0.15, 0.2) is 0 Å². The van der Waals surface area contributed by atoms with Crippen molar-refractivity contribution in [2.75, 3.05) is 0 Å². The van der Waals surface area contributed by atoms with Gasteiger partial charge < -0.3 is 16.2 Å². The average molecular weight is 244 g/mol. The van der Waals surface area contributed by atoms with E-state index in [0.717, 1.165) is 6.42 Å². The molecule has 0 radical (unpaired) electrons. The van der Waals surface area contributed by atoms with E-state index in [2.05, 4.69) is 12.2 Å². The fourth-order valence-electron chi connectivity index (χ4n) is 1.64. The first-order valence-corrected chi connectivity index (χ1v) is 6.07. The number of carbonyl (C=O) groups is 2. The van der Waals surface area contributed by atoms with E-state index >= 15 is 0 Å². The normalized spacial score (nSPS) is 17.9. The van der Waals surface area contributed by atoms with Crippen LogP contribution in [-0.4, -0.2) is 29.1 Å². The van der Waals surface area contributed by atoms with E-state index in [1.807, 2.05) is 13.8 Å². The zero-order chi connectivity index (χ0) is 13.6. The zero-order valence-corrected chi connectivity index (χ0v) is 11.1. The molecule has 1 amide bonds. The maximum Gasteiger partial charge on any atom is 0.305 e. The minimum atomic E-state index is -0.907. The summed E-state index contributed by atoms with van der Waals surface area (Å²) in [6, 6.07) is -0.976. The summed E-state index contributed by atoms with van der Waals surface area (Å²) >= 11 is 0. The number of hydrogen-bond donors (Lipinski definition) is 3. The molecule has 0 saturated carbocycles. The number of carbonyl (C=O) groups excluding carboxylic acids is 1. The molecule has 5 nitrogen and oxygen atoms in total. The minimum Gasteiger partial charge on any atom is -0.481 e. The molecule has 0 aromatic carbocycles. The predicted octanol–water partition coefficient (Wildman–Crippen LogP) is 0.975. The monoisotopic (exact) mass is 244 g/mol. The summed E-state index contributed by atoms with van der Waals surface area (Å²) < 4.78 is 0. The predicted molar refractivity (Wildman–Crippen MR) is 66.5 cm³/mol. The molecule has 0 heterocycles. The highest BCUT2D eigenvalue weighted by Gasteiger charge is 2.26. The number of amides is 1. The van der Waals surface area contributed by atoms with E-state index in [9.17, 15) is 9.59 Å². The van der Waals surface area contributed by atoms with Crippen LogP contribution in [0.2, 0.25) is 0 Å². The van der Waals surface area contributed by atoms with Crippen LogP contribution in [0.3, 0.4) is 0 Å². The summed E-state index contributed by atoms with van der Waals surface area (Å²) in [6.45, 7) is 7.65. The number of carboxylic acid groups (broad SMARTS) is 1. The van der Waals surface area contributed by atoms with Gasteiger partial charge in [0, 0.05) is 6.04 Å². The summed E-state index contributed by atoms with van der Waals surface area (Å²) in [5.41, 5.74) is 5.46. The van der Waals surface area contributed by atoms with Crippen LogP contribution in [-0.2, 0) is 9.59 Å². The molecule has 0 aliphatic carbocycles. The first-order valence-electron chi connectivity index (χ1n) is 6.07. The molecule has 0 aromatic heterocycles. The number of nitrogens with two attached hydrogens (primary N) is 1. The molecular weight excluding hydrogens is 220 g/mol. The van der Waals surface area contributed by atoms with Crippen LogP contribution in [0.25, 0.3) is 0 Å². The molecule has 0 spiro atoms. The quantitative estimate of drug-likeness (QED) is 0.622. The average Bonchev–Trinajstić information content (AvgIpc) is 2.25. The van der Waals surface area contributed by atoms with Crippen molar-refractivity contribution in [2.24, 2.45) is 17.6 Å². The Morgan fingerprint density at radius 2 is 1.82 bits per heavy atom. The highest BCUT2D eigenvalue weighted by molar-refractivity contribution is 5.82. The van der Waals surface area contributed by atoms with Crippen molar-refractivity contribution < 1.29 is 14.7 Å². The molecule has 0 rings (SSSR count). The number of aliphatic carboxylic acids is 1. The third-order valence-corrected chi connectivity index (χ3v) is 3.31. The van der Waals surface area contributed by atoms with Gasteiger partial charge in [0.15, 0.2) is 0 Å². The van der Waals surface area contributed by atoms with Gasteiger partial charge in [-0.15, -0.1) is 0 Å². The van der Waals surface area contributed by atoms with Crippen LogP contribution in [0.4, 0.5) is 0 Å². The molecule has 17 heavy (non-hydrogen) atoms. The second-order valence-electron chi connectivity index (χ2n) is 4.75. The van der Waals surface area contributed by atoms with Gasteiger partial charge in [0.2, 0.25) is 5.91 Å². The molecule has 0 aliphatic rings. The first-order chi connectivity index (χ1) is 7.79. The Hall–Kier alpha value is -1.10. The van der Waals surface area contributed by atoms with Gasteiger partial charge in [0.1, 0.15) is 0 Å². The number of rotatable bonds is 7. The van der Waals surface area contributed by atoms with Crippen molar-refractivity contribution in [3.8, 4) is 0 Å². The summed E-state index contributed by atoms with van der Waals surface area (Å²) in [5.74, 6) is -0.743. The first kappa shape index (κ1) is 15.9. The Bertz CT molecular complexity index is 266. The fraction of sp³-hybridized carbons (Fsp3) is 0.833. The lowest BCUT2D eigenvalue weighted by Gasteiger charge is -2.28. The number of hydrogen-bond acceptors (Lipinski definition) is 3. The van der Waals surface area contributed by atoms with Crippen molar-refractivity contribution in [1.29, 1.82) is 0 Å². The van der Waals surface area contributed by atoms with Crippen molar-refractivity contribution in [2.45, 2.75) is 52.6 Å². The van der Waals surface area contributed by atoms with Crippen LogP contribution < -0.4 is 11.1 Å². The van der Waals surface area contributed by atoms with Crippen LogP contribution in [0, 0.1) is 11.8 Å². The van der Waals surface area contributed by atoms with Crippen LogP contribution >= 0.6 is 0 Å². The Balaban J connectivity index is 4.63. The van der Waals surface area contributed by atoms with Gasteiger partial charge in [-0.3, -0.25) is 9.59 Å². The van der Waals surface area contributed by atoms with Gasteiger partial charge in [0.25, 0.3) is 0 Å². The molecule has 0 fully saturated rings. The summed E-state index contributed by atoms with van der Waals surface area (Å²) in [5, 5.41) is 11.6. The second-order valence-corrected chi connectivity index (χ2v) is 4.75. The molecule has 3 unspecified atom stereocenters. The van der Waals surface area contributed by atoms with Crippen molar-refractivity contribution >= 4 is 11.9 Å². The lowest BCUT2D eigenvalue weighted by Crippen LogP contribution is -2.48. The summed E-state index contributed by atoms with van der Waals surface area (Å²) in [6.07, 6.45) is 0.884. The number of nitrogens with one attached hydrogen (secondary N) is 1. The molecule has 0 saturated heterocycles. The van der Waals surface area contributed by atoms with E-state index in [0.29, 0.717) is 5.92 Å². The Morgan fingerprint density at radius 1 is 1.29 bits per heavy atom. The Labute approximate surface area is 103 Å². The molecular formula is C12H24N2O3. The van der Waals surface area contributed by atoms with Crippen LogP contribution in [0.1, 0.15) is 40.5 Å². The van der Waals surface area contributed by atoms with E-state index in [-0.39, 0.29) is 24.3 Å². The van der Waals surface area contributed by atoms with Crippen molar-refractivity contribution in [3.05, 3.63) is 0 Å².